The Balaban J connectivity index is 1.57. The summed E-state index contributed by atoms with van der Waals surface area (Å²) < 4.78 is 5.56. The number of aryl methyl sites for hydroxylation is 1. The normalized spacial score (nSPS) is 13.9. The molecule has 1 N–H and O–H groups in total. The number of hydrogen-bond acceptors (Lipinski definition) is 4. The molecule has 1 aliphatic heterocycles. The lowest BCUT2D eigenvalue weighted by molar-refractivity contribution is -0.131. The minimum atomic E-state index is -0.122. The number of fused-ring (bicyclic) bond motifs is 2. The summed E-state index contributed by atoms with van der Waals surface area (Å²) in [5.41, 5.74) is 3.68. The van der Waals surface area contributed by atoms with Gasteiger partial charge in [0, 0.05) is 28.1 Å². The van der Waals surface area contributed by atoms with E-state index in [9.17, 15) is 9.59 Å². The summed E-state index contributed by atoms with van der Waals surface area (Å²) in [5.74, 6) is -0.0212. The molecule has 4 rings (SSSR count). The van der Waals surface area contributed by atoms with Gasteiger partial charge in [-0.3, -0.25) is 9.59 Å². The van der Waals surface area contributed by atoms with Gasteiger partial charge in [-0.15, -0.1) is 0 Å². The van der Waals surface area contributed by atoms with Crippen molar-refractivity contribution in [3.05, 3.63) is 62.5 Å². The zero-order valence-electron chi connectivity index (χ0n) is 13.6. The number of aromatic nitrogens is 2. The van der Waals surface area contributed by atoms with Gasteiger partial charge in [-0.25, -0.2) is 4.98 Å². The number of rotatable bonds is 2. The van der Waals surface area contributed by atoms with Crippen molar-refractivity contribution in [3.63, 3.8) is 0 Å². The molecule has 128 valence electrons. The molecule has 1 aliphatic rings. The third-order valence-electron chi connectivity index (χ3n) is 4.64. The Morgan fingerprint density at radius 3 is 3.12 bits per heavy atom. The molecule has 0 aliphatic carbocycles. The Bertz CT molecular complexity index is 1040. The Labute approximate surface area is 148 Å². The highest BCUT2D eigenvalue weighted by molar-refractivity contribution is 6.32. The van der Waals surface area contributed by atoms with E-state index in [2.05, 4.69) is 9.97 Å². The first-order chi connectivity index (χ1) is 12.0. The molecule has 0 unspecified atom stereocenters. The summed E-state index contributed by atoms with van der Waals surface area (Å²) in [6.45, 7) is 2.78. The molecule has 0 fully saturated rings. The number of halogens is 1. The number of hydrogen-bond donors (Lipinski definition) is 1. The number of nitrogens with zero attached hydrogens (tertiary/aromatic N) is 2. The van der Waals surface area contributed by atoms with Crippen LogP contribution in [-0.2, 0) is 24.2 Å². The van der Waals surface area contributed by atoms with Gasteiger partial charge < -0.3 is 14.3 Å². The molecule has 0 bridgehead atoms. The second-order valence-corrected chi connectivity index (χ2v) is 6.66. The van der Waals surface area contributed by atoms with Gasteiger partial charge in [0.05, 0.1) is 31.2 Å². The second-order valence-electron chi connectivity index (χ2n) is 6.26. The van der Waals surface area contributed by atoms with Crippen LogP contribution >= 0.6 is 11.6 Å². The van der Waals surface area contributed by atoms with E-state index in [0.29, 0.717) is 35.8 Å². The fraction of sp³-hybridized carbons (Fsp3) is 0.278. The van der Waals surface area contributed by atoms with Crippen molar-refractivity contribution >= 4 is 28.5 Å². The third kappa shape index (κ3) is 2.82. The molecule has 0 spiro atoms. The monoisotopic (exact) mass is 357 g/mol. The Kier molecular flexibility index (Phi) is 3.84. The zero-order chi connectivity index (χ0) is 17.6. The highest BCUT2D eigenvalue weighted by Gasteiger charge is 2.24. The Morgan fingerprint density at radius 2 is 2.28 bits per heavy atom. The molecule has 1 amide bonds. The first kappa shape index (κ1) is 15.9. The second kappa shape index (κ2) is 6.04. The smallest absolute Gasteiger partial charge is 0.254 e. The minimum absolute atomic E-state index is 0.0212. The van der Waals surface area contributed by atoms with Crippen molar-refractivity contribution in [1.29, 1.82) is 0 Å². The average Bonchev–Trinajstić information content (AvgIpc) is 2.97. The molecular weight excluding hydrogens is 342 g/mol. The van der Waals surface area contributed by atoms with Crippen LogP contribution in [0.3, 0.4) is 0 Å². The number of amides is 1. The molecule has 0 atom stereocenters. The van der Waals surface area contributed by atoms with Crippen LogP contribution in [0.1, 0.15) is 22.4 Å². The van der Waals surface area contributed by atoms with E-state index in [1.807, 2.05) is 19.1 Å². The molecule has 0 saturated carbocycles. The van der Waals surface area contributed by atoms with Gasteiger partial charge in [0.2, 0.25) is 5.91 Å². The molecule has 7 heteroatoms. The van der Waals surface area contributed by atoms with E-state index in [0.717, 1.165) is 22.1 Å². The van der Waals surface area contributed by atoms with Crippen molar-refractivity contribution in [3.8, 4) is 0 Å². The van der Waals surface area contributed by atoms with E-state index in [1.54, 1.807) is 11.2 Å². The van der Waals surface area contributed by atoms with Crippen LogP contribution in [0.15, 0.2) is 33.9 Å². The fourth-order valence-electron chi connectivity index (χ4n) is 3.19. The largest absolute Gasteiger partial charge is 0.464 e. The van der Waals surface area contributed by atoms with Crippen molar-refractivity contribution in [2.75, 3.05) is 6.54 Å². The number of furan rings is 1. The maximum Gasteiger partial charge on any atom is 0.254 e. The van der Waals surface area contributed by atoms with Crippen molar-refractivity contribution in [1.82, 2.24) is 14.9 Å². The molecule has 3 aromatic rings. The molecule has 25 heavy (non-hydrogen) atoms. The SMILES string of the molecule is Cc1cc2occ(CC(=O)N3CCc4c(nc[nH]c4=O)C3)c2cc1Cl. The third-order valence-corrected chi connectivity index (χ3v) is 5.05. The predicted molar refractivity (Wildman–Crippen MR) is 93.6 cm³/mol. The summed E-state index contributed by atoms with van der Waals surface area (Å²) in [6, 6.07) is 3.71. The first-order valence-electron chi connectivity index (χ1n) is 8.02. The van der Waals surface area contributed by atoms with Gasteiger partial charge in [-0.2, -0.15) is 0 Å². The standard InChI is InChI=1S/C18H16ClN3O3/c1-10-4-16-13(6-14(10)19)11(8-25-16)5-17(23)22-3-2-12-15(7-22)20-9-21-18(12)24/h4,6,8-9H,2-3,5,7H2,1H3,(H,20,21,24). The Hall–Kier alpha value is -2.60. The average molecular weight is 358 g/mol. The van der Waals surface area contributed by atoms with Gasteiger partial charge in [-0.05, 0) is 31.0 Å². The van der Waals surface area contributed by atoms with Gasteiger partial charge in [0.1, 0.15) is 5.58 Å². The summed E-state index contributed by atoms with van der Waals surface area (Å²) in [6.07, 6.45) is 3.73. The van der Waals surface area contributed by atoms with Crippen molar-refractivity contribution in [2.45, 2.75) is 26.3 Å². The summed E-state index contributed by atoms with van der Waals surface area (Å²) in [7, 11) is 0. The topological polar surface area (TPSA) is 79.2 Å². The Morgan fingerprint density at radius 1 is 1.44 bits per heavy atom. The summed E-state index contributed by atoms with van der Waals surface area (Å²) >= 11 is 6.19. The predicted octanol–water partition coefficient (Wildman–Crippen LogP) is 2.61. The van der Waals surface area contributed by atoms with Crippen LogP contribution in [-0.4, -0.2) is 27.3 Å². The number of aromatic amines is 1. The maximum absolute atomic E-state index is 12.7. The van der Waals surface area contributed by atoms with Gasteiger partial charge >= 0.3 is 0 Å². The van der Waals surface area contributed by atoms with Crippen LogP contribution in [0.4, 0.5) is 0 Å². The molecular formula is C18H16ClN3O3. The van der Waals surface area contributed by atoms with Crippen LogP contribution in [0.25, 0.3) is 11.0 Å². The highest BCUT2D eigenvalue weighted by atomic mass is 35.5. The van der Waals surface area contributed by atoms with Crippen LogP contribution in [0.2, 0.25) is 5.02 Å². The number of H-pyrrole nitrogens is 1. The van der Waals surface area contributed by atoms with Gasteiger partial charge in [0.25, 0.3) is 5.56 Å². The van der Waals surface area contributed by atoms with Crippen LogP contribution in [0.5, 0.6) is 0 Å². The molecule has 0 saturated heterocycles. The van der Waals surface area contributed by atoms with Crippen molar-refractivity contribution < 1.29 is 9.21 Å². The fourth-order valence-corrected chi connectivity index (χ4v) is 3.36. The molecule has 3 heterocycles. The van der Waals surface area contributed by atoms with Crippen LogP contribution in [0, 0.1) is 6.92 Å². The first-order valence-corrected chi connectivity index (χ1v) is 8.40. The minimum Gasteiger partial charge on any atom is -0.464 e. The van der Waals surface area contributed by atoms with E-state index >= 15 is 0 Å². The summed E-state index contributed by atoms with van der Waals surface area (Å²) in [5, 5.41) is 1.51. The number of benzene rings is 1. The van der Waals surface area contributed by atoms with Gasteiger partial charge in [0.15, 0.2) is 0 Å². The van der Waals surface area contributed by atoms with E-state index in [-0.39, 0.29) is 17.9 Å². The molecule has 0 radical (unpaired) electrons. The summed E-state index contributed by atoms with van der Waals surface area (Å²) in [4.78, 5) is 33.0. The quantitative estimate of drug-likeness (QED) is 0.764. The van der Waals surface area contributed by atoms with E-state index < -0.39 is 0 Å². The van der Waals surface area contributed by atoms with E-state index in [4.69, 9.17) is 16.0 Å². The lowest BCUT2D eigenvalue weighted by atomic mass is 10.0. The lowest BCUT2D eigenvalue weighted by Gasteiger charge is -2.27. The molecule has 2 aromatic heterocycles. The lowest BCUT2D eigenvalue weighted by Crippen LogP contribution is -2.39. The molecule has 6 nitrogen and oxygen atoms in total. The van der Waals surface area contributed by atoms with Gasteiger partial charge in [-0.1, -0.05) is 11.6 Å². The highest BCUT2D eigenvalue weighted by Crippen LogP contribution is 2.28. The van der Waals surface area contributed by atoms with Crippen molar-refractivity contribution in [2.24, 2.45) is 0 Å². The van der Waals surface area contributed by atoms with E-state index in [1.165, 1.54) is 6.33 Å². The number of carbonyl (C=O) groups is 1. The number of carbonyl (C=O) groups excluding carboxylic acids is 1. The zero-order valence-corrected chi connectivity index (χ0v) is 14.4. The molecule has 1 aromatic carbocycles. The van der Waals surface area contributed by atoms with Crippen LogP contribution < -0.4 is 5.56 Å². The number of nitrogens with one attached hydrogen (secondary N) is 1. The maximum atomic E-state index is 12.7.